The van der Waals surface area contributed by atoms with E-state index in [1.807, 2.05) is 29.8 Å². The van der Waals surface area contributed by atoms with Crippen molar-refractivity contribution in [1.82, 2.24) is 29.6 Å². The van der Waals surface area contributed by atoms with Gasteiger partial charge in [-0.2, -0.15) is 13.2 Å². The standard InChI is InChI=1S/C29H31F3N6O/c1-18-13-28(14-18,26-36-35-17-37(26)3)20-6-4-7-21(12-20)38-16-33-24-22(25(38)39)10-19(11-23(24)29(30,31)32)15-34-27(2)8-5-9-27/h4,6-7,10-12,16-18,34H,5,8-9,13-15H2,1-3H3. The molecule has 39 heavy (non-hydrogen) atoms. The number of hydrogen-bond acceptors (Lipinski definition) is 5. The Morgan fingerprint density at radius 2 is 1.90 bits per heavy atom. The first-order valence-corrected chi connectivity index (χ1v) is 13.3. The van der Waals surface area contributed by atoms with Crippen LogP contribution in [0.4, 0.5) is 13.2 Å². The Kier molecular flexibility index (Phi) is 5.94. The third-order valence-corrected chi connectivity index (χ3v) is 8.61. The zero-order chi connectivity index (χ0) is 27.6. The SMILES string of the molecule is CC1CC(c2cccc(-n3cnc4c(C(F)(F)F)cc(CNC5(C)CCC5)cc4c3=O)c2)(c2nncn2C)C1. The topological polar surface area (TPSA) is 77.6 Å². The molecule has 0 radical (unpaired) electrons. The normalized spacial score (nSPS) is 22.5. The van der Waals surface area contributed by atoms with Crippen molar-refractivity contribution in [2.24, 2.45) is 13.0 Å². The van der Waals surface area contributed by atoms with Gasteiger partial charge in [0.25, 0.3) is 5.56 Å². The Hall–Kier alpha value is -3.53. The number of alkyl halides is 3. The van der Waals surface area contributed by atoms with Gasteiger partial charge in [-0.3, -0.25) is 9.36 Å². The highest BCUT2D eigenvalue weighted by atomic mass is 19.4. The van der Waals surface area contributed by atoms with Crippen LogP contribution in [0.1, 0.15) is 68.5 Å². The quantitative estimate of drug-likeness (QED) is 0.363. The average molecular weight is 537 g/mol. The number of rotatable bonds is 6. The smallest absolute Gasteiger partial charge is 0.320 e. The predicted molar refractivity (Wildman–Crippen MR) is 142 cm³/mol. The molecule has 1 N–H and O–H groups in total. The molecular weight excluding hydrogens is 505 g/mol. The van der Waals surface area contributed by atoms with Gasteiger partial charge >= 0.3 is 6.18 Å². The molecule has 4 aromatic rings. The van der Waals surface area contributed by atoms with Crippen LogP contribution in [-0.2, 0) is 25.2 Å². The molecule has 0 unspecified atom stereocenters. The van der Waals surface area contributed by atoms with E-state index in [-0.39, 0.29) is 28.4 Å². The van der Waals surface area contributed by atoms with Crippen LogP contribution in [0.2, 0.25) is 0 Å². The van der Waals surface area contributed by atoms with Crippen LogP contribution in [-0.4, -0.2) is 29.9 Å². The molecular formula is C29H31F3N6O. The van der Waals surface area contributed by atoms with Crippen molar-refractivity contribution < 1.29 is 13.2 Å². The Balaban J connectivity index is 1.44. The van der Waals surface area contributed by atoms with Gasteiger partial charge in [-0.15, -0.1) is 10.2 Å². The summed E-state index contributed by atoms with van der Waals surface area (Å²) >= 11 is 0. The maximum atomic E-state index is 14.1. The molecule has 0 amide bonds. The summed E-state index contributed by atoms with van der Waals surface area (Å²) in [6, 6.07) is 10.2. The van der Waals surface area contributed by atoms with E-state index in [4.69, 9.17) is 0 Å². The molecule has 0 spiro atoms. The monoisotopic (exact) mass is 536 g/mol. The van der Waals surface area contributed by atoms with Crippen LogP contribution in [0.3, 0.4) is 0 Å². The van der Waals surface area contributed by atoms with E-state index < -0.39 is 17.3 Å². The van der Waals surface area contributed by atoms with Crippen LogP contribution in [0.15, 0.2) is 53.8 Å². The van der Waals surface area contributed by atoms with Gasteiger partial charge in [0.2, 0.25) is 0 Å². The van der Waals surface area contributed by atoms with Gasteiger partial charge in [-0.05, 0) is 80.3 Å². The lowest BCUT2D eigenvalue weighted by Crippen LogP contribution is -2.47. The molecule has 2 saturated carbocycles. The van der Waals surface area contributed by atoms with E-state index in [0.717, 1.165) is 49.6 Å². The van der Waals surface area contributed by atoms with Crippen LogP contribution in [0, 0.1) is 5.92 Å². The summed E-state index contributed by atoms with van der Waals surface area (Å²) in [6.07, 6.45) is 3.07. The summed E-state index contributed by atoms with van der Waals surface area (Å²) in [5.41, 5.74) is -0.224. The van der Waals surface area contributed by atoms with E-state index >= 15 is 0 Å². The van der Waals surface area contributed by atoms with E-state index in [9.17, 15) is 18.0 Å². The van der Waals surface area contributed by atoms with Gasteiger partial charge in [0, 0.05) is 19.1 Å². The van der Waals surface area contributed by atoms with E-state index in [1.165, 1.54) is 10.9 Å². The lowest BCUT2D eigenvalue weighted by Gasteiger charge is -2.46. The maximum Gasteiger partial charge on any atom is 0.418 e. The molecule has 6 rings (SSSR count). The highest BCUT2D eigenvalue weighted by Gasteiger charge is 2.48. The van der Waals surface area contributed by atoms with Gasteiger partial charge in [-0.25, -0.2) is 4.98 Å². The largest absolute Gasteiger partial charge is 0.418 e. The molecule has 2 aromatic carbocycles. The van der Waals surface area contributed by atoms with Gasteiger partial charge < -0.3 is 9.88 Å². The van der Waals surface area contributed by atoms with Crippen LogP contribution in [0.5, 0.6) is 0 Å². The fourth-order valence-electron chi connectivity index (χ4n) is 6.34. The number of hydrogen-bond donors (Lipinski definition) is 1. The number of benzene rings is 2. The Morgan fingerprint density at radius 3 is 2.51 bits per heavy atom. The zero-order valence-corrected chi connectivity index (χ0v) is 22.2. The summed E-state index contributed by atoms with van der Waals surface area (Å²) in [7, 11) is 1.91. The molecule has 204 valence electrons. The number of nitrogens with zero attached hydrogens (tertiary/aromatic N) is 5. The molecule has 10 heteroatoms. The minimum absolute atomic E-state index is 0.0476. The molecule has 0 aliphatic heterocycles. The molecule has 0 saturated heterocycles. The van der Waals surface area contributed by atoms with Crippen molar-refractivity contribution in [2.45, 2.75) is 69.6 Å². The van der Waals surface area contributed by atoms with Crippen molar-refractivity contribution in [1.29, 1.82) is 0 Å². The molecule has 7 nitrogen and oxygen atoms in total. The van der Waals surface area contributed by atoms with Crippen molar-refractivity contribution in [3.8, 4) is 5.69 Å². The summed E-state index contributed by atoms with van der Waals surface area (Å²) in [5.74, 6) is 1.36. The van der Waals surface area contributed by atoms with Crippen LogP contribution >= 0.6 is 0 Å². The maximum absolute atomic E-state index is 14.1. The predicted octanol–water partition coefficient (Wildman–Crippen LogP) is 5.28. The minimum atomic E-state index is -4.64. The highest BCUT2D eigenvalue weighted by Crippen LogP contribution is 2.51. The summed E-state index contributed by atoms with van der Waals surface area (Å²) < 4.78 is 45.4. The summed E-state index contributed by atoms with van der Waals surface area (Å²) in [4.78, 5) is 17.9. The Morgan fingerprint density at radius 1 is 1.13 bits per heavy atom. The fraction of sp³-hybridized carbons (Fsp3) is 0.448. The first-order valence-electron chi connectivity index (χ1n) is 13.3. The van der Waals surface area contributed by atoms with Gasteiger partial charge in [0.1, 0.15) is 18.5 Å². The number of nitrogens with one attached hydrogen (secondary N) is 1. The van der Waals surface area contributed by atoms with Crippen LogP contribution in [0.25, 0.3) is 16.6 Å². The van der Waals surface area contributed by atoms with Gasteiger partial charge in [-0.1, -0.05) is 19.1 Å². The third kappa shape index (κ3) is 4.34. The van der Waals surface area contributed by atoms with Gasteiger partial charge in [0.05, 0.1) is 27.6 Å². The molecule has 0 bridgehead atoms. The zero-order valence-electron chi connectivity index (χ0n) is 22.2. The second-order valence-corrected chi connectivity index (χ2v) is 11.6. The number of fused-ring (bicyclic) bond motifs is 1. The molecule has 2 aliphatic rings. The molecule has 0 atom stereocenters. The van der Waals surface area contributed by atoms with E-state index in [2.05, 4.69) is 34.3 Å². The minimum Gasteiger partial charge on any atom is -0.320 e. The second kappa shape index (κ2) is 9.01. The van der Waals surface area contributed by atoms with Gasteiger partial charge in [0.15, 0.2) is 0 Å². The molecule has 2 heterocycles. The van der Waals surface area contributed by atoms with E-state index in [1.54, 1.807) is 18.5 Å². The van der Waals surface area contributed by atoms with Crippen molar-refractivity contribution in [3.63, 3.8) is 0 Å². The average Bonchev–Trinajstić information content (AvgIpc) is 3.29. The Bertz CT molecular complexity index is 1610. The number of aryl methyl sites for hydroxylation is 1. The van der Waals surface area contributed by atoms with E-state index in [0.29, 0.717) is 17.2 Å². The summed E-state index contributed by atoms with van der Waals surface area (Å²) in [5, 5.41) is 11.8. The third-order valence-electron chi connectivity index (χ3n) is 8.61. The van der Waals surface area contributed by atoms with Crippen molar-refractivity contribution >= 4 is 10.9 Å². The number of halogens is 3. The molecule has 2 fully saturated rings. The lowest BCUT2D eigenvalue weighted by molar-refractivity contribution is -0.136. The first kappa shape index (κ1) is 25.7. The van der Waals surface area contributed by atoms with Crippen molar-refractivity contribution in [3.05, 3.63) is 81.9 Å². The Labute approximate surface area is 224 Å². The highest BCUT2D eigenvalue weighted by molar-refractivity contribution is 5.82. The summed E-state index contributed by atoms with van der Waals surface area (Å²) in [6.45, 7) is 4.50. The first-order chi connectivity index (χ1) is 18.5. The fourth-order valence-corrected chi connectivity index (χ4v) is 6.34. The molecule has 2 aliphatic carbocycles. The van der Waals surface area contributed by atoms with Crippen LogP contribution < -0.4 is 10.9 Å². The second-order valence-electron chi connectivity index (χ2n) is 11.6. The lowest BCUT2D eigenvalue weighted by atomic mass is 9.58. The number of aromatic nitrogens is 5. The van der Waals surface area contributed by atoms with Crippen molar-refractivity contribution in [2.75, 3.05) is 0 Å². The molecule has 2 aromatic heterocycles.